The molecule has 0 bridgehead atoms. The van der Waals surface area contributed by atoms with E-state index >= 15 is 0 Å². The van der Waals surface area contributed by atoms with Crippen LogP contribution in [0.2, 0.25) is 0 Å². The Morgan fingerprint density at radius 2 is 2.13 bits per heavy atom. The van der Waals surface area contributed by atoms with Crippen LogP contribution in [-0.4, -0.2) is 11.2 Å². The van der Waals surface area contributed by atoms with Gasteiger partial charge in [0.25, 0.3) is 0 Å². The smallest absolute Gasteiger partial charge is 0.128 e. The van der Waals surface area contributed by atoms with E-state index in [9.17, 15) is 5.11 Å². The second-order valence-corrected chi connectivity index (χ2v) is 4.82. The molecule has 15 heavy (non-hydrogen) atoms. The first-order valence-corrected chi connectivity index (χ1v) is 5.50. The molecule has 1 atom stereocenters. The zero-order valence-electron chi connectivity index (χ0n) is 9.58. The van der Waals surface area contributed by atoms with E-state index in [0.717, 1.165) is 24.2 Å². The quantitative estimate of drug-likeness (QED) is 0.765. The number of rotatable bonds is 1. The third-order valence-corrected chi connectivity index (χ3v) is 2.89. The molecule has 0 saturated heterocycles. The second kappa shape index (κ2) is 3.53. The number of hydrogen-bond acceptors (Lipinski definition) is 2. The molecule has 0 fully saturated rings. The topological polar surface area (TPSA) is 29.5 Å². The summed E-state index contributed by atoms with van der Waals surface area (Å²) < 4.78 is 5.83. The third kappa shape index (κ3) is 2.00. The summed E-state index contributed by atoms with van der Waals surface area (Å²) in [5.41, 5.74) is 1.28. The Hall–Kier alpha value is -1.02. The van der Waals surface area contributed by atoms with Gasteiger partial charge in [0.15, 0.2) is 0 Å². The van der Waals surface area contributed by atoms with E-state index in [4.69, 9.17) is 4.74 Å². The lowest BCUT2D eigenvalue weighted by molar-refractivity contribution is 0.0708. The van der Waals surface area contributed by atoms with Gasteiger partial charge in [-0.2, -0.15) is 0 Å². The van der Waals surface area contributed by atoms with Crippen LogP contribution in [0.3, 0.4) is 0 Å². The van der Waals surface area contributed by atoms with Crippen molar-refractivity contribution in [1.82, 2.24) is 0 Å². The monoisotopic (exact) mass is 206 g/mol. The Kier molecular flexibility index (Phi) is 2.47. The van der Waals surface area contributed by atoms with Gasteiger partial charge in [0, 0.05) is 5.56 Å². The van der Waals surface area contributed by atoms with Gasteiger partial charge in [-0.15, -0.1) is 0 Å². The van der Waals surface area contributed by atoms with Gasteiger partial charge in [-0.3, -0.25) is 0 Å². The average molecular weight is 206 g/mol. The normalized spacial score (nSPS) is 20.7. The third-order valence-electron chi connectivity index (χ3n) is 2.89. The lowest BCUT2D eigenvalue weighted by Crippen LogP contribution is -2.24. The predicted molar refractivity (Wildman–Crippen MR) is 60.1 cm³/mol. The number of fused-ring (bicyclic) bond motifs is 1. The van der Waals surface area contributed by atoms with Crippen molar-refractivity contribution in [3.63, 3.8) is 0 Å². The summed E-state index contributed by atoms with van der Waals surface area (Å²) >= 11 is 0. The molecule has 1 N–H and O–H groups in total. The SMILES string of the molecule is CC1CCc2cccc(C(C)(C)O)c2O1. The van der Waals surface area contributed by atoms with Gasteiger partial charge < -0.3 is 9.84 Å². The second-order valence-electron chi connectivity index (χ2n) is 4.82. The number of aliphatic hydroxyl groups is 1. The molecule has 0 radical (unpaired) electrons. The molecule has 0 aliphatic carbocycles. The summed E-state index contributed by atoms with van der Waals surface area (Å²) in [5.74, 6) is 0.892. The van der Waals surface area contributed by atoms with Crippen molar-refractivity contribution in [2.45, 2.75) is 45.3 Å². The fraction of sp³-hybridized carbons (Fsp3) is 0.538. The number of benzene rings is 1. The number of ether oxygens (including phenoxy) is 1. The minimum atomic E-state index is -0.831. The van der Waals surface area contributed by atoms with E-state index in [0.29, 0.717) is 0 Å². The summed E-state index contributed by atoms with van der Waals surface area (Å²) in [6.07, 6.45) is 2.35. The van der Waals surface area contributed by atoms with Crippen molar-refractivity contribution in [2.24, 2.45) is 0 Å². The van der Waals surface area contributed by atoms with Crippen molar-refractivity contribution >= 4 is 0 Å². The van der Waals surface area contributed by atoms with Crippen LogP contribution < -0.4 is 4.74 Å². The van der Waals surface area contributed by atoms with Crippen molar-refractivity contribution in [3.05, 3.63) is 29.3 Å². The molecular formula is C13H18O2. The van der Waals surface area contributed by atoms with Crippen molar-refractivity contribution in [1.29, 1.82) is 0 Å². The molecule has 2 rings (SSSR count). The zero-order chi connectivity index (χ0) is 11.1. The minimum absolute atomic E-state index is 0.251. The zero-order valence-corrected chi connectivity index (χ0v) is 9.58. The van der Waals surface area contributed by atoms with E-state index in [-0.39, 0.29) is 6.10 Å². The number of para-hydroxylation sites is 1. The summed E-state index contributed by atoms with van der Waals surface area (Å²) in [4.78, 5) is 0. The Morgan fingerprint density at radius 3 is 2.80 bits per heavy atom. The van der Waals surface area contributed by atoms with Crippen LogP contribution in [0, 0.1) is 0 Å². The molecule has 1 aliphatic heterocycles. The van der Waals surface area contributed by atoms with Crippen molar-refractivity contribution in [2.75, 3.05) is 0 Å². The summed E-state index contributed by atoms with van der Waals surface area (Å²) in [7, 11) is 0. The van der Waals surface area contributed by atoms with Gasteiger partial charge in [-0.1, -0.05) is 18.2 Å². The van der Waals surface area contributed by atoms with Crippen LogP contribution >= 0.6 is 0 Å². The Morgan fingerprint density at radius 1 is 1.40 bits per heavy atom. The Bertz CT molecular complexity index is 363. The molecule has 0 spiro atoms. The van der Waals surface area contributed by atoms with Gasteiger partial charge in [0.1, 0.15) is 5.75 Å². The minimum Gasteiger partial charge on any atom is -0.490 e. The molecule has 2 heteroatoms. The highest BCUT2D eigenvalue weighted by Crippen LogP contribution is 2.36. The molecule has 1 aliphatic rings. The van der Waals surface area contributed by atoms with E-state index < -0.39 is 5.60 Å². The van der Waals surface area contributed by atoms with Gasteiger partial charge in [0.05, 0.1) is 11.7 Å². The van der Waals surface area contributed by atoms with E-state index in [1.165, 1.54) is 5.56 Å². The maximum atomic E-state index is 10.1. The lowest BCUT2D eigenvalue weighted by Gasteiger charge is -2.29. The first kappa shape index (κ1) is 10.5. The molecule has 0 saturated carbocycles. The fourth-order valence-electron chi connectivity index (χ4n) is 2.02. The van der Waals surface area contributed by atoms with E-state index in [1.807, 2.05) is 12.1 Å². The van der Waals surface area contributed by atoms with Gasteiger partial charge in [-0.05, 0) is 39.2 Å². The highest BCUT2D eigenvalue weighted by molar-refractivity contribution is 5.45. The summed E-state index contributed by atoms with van der Waals surface area (Å²) in [5, 5.41) is 10.1. The maximum absolute atomic E-state index is 10.1. The fourth-order valence-corrected chi connectivity index (χ4v) is 2.02. The number of aryl methyl sites for hydroxylation is 1. The van der Waals surface area contributed by atoms with Gasteiger partial charge in [-0.25, -0.2) is 0 Å². The van der Waals surface area contributed by atoms with Gasteiger partial charge in [0.2, 0.25) is 0 Å². The molecule has 1 aromatic carbocycles. The summed E-state index contributed by atoms with van der Waals surface area (Å²) in [6.45, 7) is 5.67. The van der Waals surface area contributed by atoms with E-state index in [1.54, 1.807) is 13.8 Å². The molecule has 0 amide bonds. The molecule has 2 nitrogen and oxygen atoms in total. The molecule has 1 unspecified atom stereocenters. The van der Waals surface area contributed by atoms with Crippen molar-refractivity contribution in [3.8, 4) is 5.75 Å². The molecular weight excluding hydrogens is 188 g/mol. The molecule has 1 aromatic rings. The van der Waals surface area contributed by atoms with Crippen LogP contribution in [0.25, 0.3) is 0 Å². The maximum Gasteiger partial charge on any atom is 0.128 e. The highest BCUT2D eigenvalue weighted by atomic mass is 16.5. The standard InChI is InChI=1S/C13H18O2/c1-9-7-8-10-5-4-6-11(12(10)15-9)13(2,3)14/h4-6,9,14H,7-8H2,1-3H3. The van der Waals surface area contributed by atoms with Crippen molar-refractivity contribution < 1.29 is 9.84 Å². The summed E-state index contributed by atoms with van der Waals surface area (Å²) in [6, 6.07) is 6.01. The lowest BCUT2D eigenvalue weighted by atomic mass is 9.92. The molecule has 82 valence electrons. The van der Waals surface area contributed by atoms with Crippen LogP contribution in [0.15, 0.2) is 18.2 Å². The largest absolute Gasteiger partial charge is 0.490 e. The first-order chi connectivity index (χ1) is 6.98. The van der Waals surface area contributed by atoms with Crippen LogP contribution in [0.5, 0.6) is 5.75 Å². The van der Waals surface area contributed by atoms with Crippen LogP contribution in [0.1, 0.15) is 38.3 Å². The van der Waals surface area contributed by atoms with E-state index in [2.05, 4.69) is 13.0 Å². The highest BCUT2D eigenvalue weighted by Gasteiger charge is 2.26. The van der Waals surface area contributed by atoms with Crippen LogP contribution in [0.4, 0.5) is 0 Å². The molecule has 1 heterocycles. The van der Waals surface area contributed by atoms with Gasteiger partial charge >= 0.3 is 0 Å². The Balaban J connectivity index is 2.49. The Labute approximate surface area is 90.9 Å². The van der Waals surface area contributed by atoms with Crippen LogP contribution in [-0.2, 0) is 12.0 Å². The number of hydrogen-bond donors (Lipinski definition) is 1. The molecule has 0 aromatic heterocycles. The first-order valence-electron chi connectivity index (χ1n) is 5.50. The predicted octanol–water partition coefficient (Wildman–Crippen LogP) is 2.63. The average Bonchev–Trinajstić information content (AvgIpc) is 2.15.